The maximum atomic E-state index is 13.9. The van der Waals surface area contributed by atoms with E-state index in [1.165, 1.54) is 16.7 Å². The molecule has 3 aromatic heterocycles. The van der Waals surface area contributed by atoms with Crippen molar-refractivity contribution >= 4 is 33.4 Å². The number of carbonyl (C=O) groups excluding carboxylic acids is 1. The molecule has 7 heteroatoms. The third kappa shape index (κ3) is 3.04. The quantitative estimate of drug-likeness (QED) is 0.474. The summed E-state index contributed by atoms with van der Waals surface area (Å²) in [5, 5.41) is 4.00. The molecule has 0 saturated heterocycles. The van der Waals surface area contributed by atoms with Gasteiger partial charge in [-0.15, -0.1) is 0 Å². The molecule has 0 radical (unpaired) electrons. The van der Waals surface area contributed by atoms with E-state index < -0.39 is 5.82 Å². The molecule has 30 heavy (non-hydrogen) atoms. The number of fused-ring (bicyclic) bond motifs is 4. The highest BCUT2D eigenvalue weighted by molar-refractivity contribution is 5.84. The normalized spacial score (nSPS) is 11.5. The zero-order chi connectivity index (χ0) is 20.7. The number of aromatic nitrogens is 3. The lowest BCUT2D eigenvalue weighted by atomic mass is 10.1. The van der Waals surface area contributed by atoms with Gasteiger partial charge in [-0.3, -0.25) is 14.2 Å². The van der Waals surface area contributed by atoms with E-state index in [9.17, 15) is 14.0 Å². The predicted octanol–water partition coefficient (Wildman–Crippen LogP) is 3.23. The number of nitrogens with zero attached hydrogens (tertiary/aromatic N) is 2. The van der Waals surface area contributed by atoms with E-state index in [2.05, 4.69) is 10.3 Å². The second kappa shape index (κ2) is 7.18. The van der Waals surface area contributed by atoms with Gasteiger partial charge in [0.1, 0.15) is 17.9 Å². The summed E-state index contributed by atoms with van der Waals surface area (Å²) in [6.07, 6.45) is 4.36. The maximum Gasteiger partial charge on any atom is 0.275 e. The summed E-state index contributed by atoms with van der Waals surface area (Å²) in [6, 6.07) is 15.7. The van der Waals surface area contributed by atoms with Crippen LogP contribution < -0.4 is 10.9 Å². The summed E-state index contributed by atoms with van der Waals surface area (Å²) < 4.78 is 16.9. The summed E-state index contributed by atoms with van der Waals surface area (Å²) in [5.41, 5.74) is 3.34. The van der Waals surface area contributed by atoms with Crippen molar-refractivity contribution in [1.29, 1.82) is 0 Å². The number of hydrogen-bond donors (Lipinski definition) is 2. The van der Waals surface area contributed by atoms with Gasteiger partial charge in [-0.25, -0.2) is 4.39 Å². The Balaban J connectivity index is 1.38. The number of hydrogen-bond acceptors (Lipinski definition) is 2. The molecule has 0 bridgehead atoms. The molecule has 0 spiro atoms. The van der Waals surface area contributed by atoms with E-state index in [4.69, 9.17) is 0 Å². The van der Waals surface area contributed by atoms with Crippen LogP contribution in [0.4, 0.5) is 4.39 Å². The first-order valence-corrected chi connectivity index (χ1v) is 9.72. The minimum Gasteiger partial charge on any atom is -0.361 e. The average Bonchev–Trinajstić information content (AvgIpc) is 3.39. The molecule has 0 aliphatic heterocycles. The van der Waals surface area contributed by atoms with Crippen LogP contribution in [0, 0.1) is 5.82 Å². The molecular formula is C23H19FN4O2. The molecule has 0 aliphatic rings. The lowest BCUT2D eigenvalue weighted by Gasteiger charge is -2.13. The minimum absolute atomic E-state index is 0.172. The van der Waals surface area contributed by atoms with Crippen molar-refractivity contribution in [2.75, 3.05) is 6.54 Å². The van der Waals surface area contributed by atoms with Gasteiger partial charge in [0.25, 0.3) is 5.56 Å². The molecule has 0 fully saturated rings. The molecule has 0 atom stereocenters. The Labute approximate surface area is 170 Å². The molecule has 1 amide bonds. The van der Waals surface area contributed by atoms with Gasteiger partial charge >= 0.3 is 0 Å². The van der Waals surface area contributed by atoms with Gasteiger partial charge in [0.2, 0.25) is 5.91 Å². The number of H-pyrrole nitrogens is 1. The van der Waals surface area contributed by atoms with Gasteiger partial charge in [0.15, 0.2) is 0 Å². The third-order valence-corrected chi connectivity index (χ3v) is 5.39. The minimum atomic E-state index is -0.457. The zero-order valence-corrected chi connectivity index (χ0v) is 16.1. The predicted molar refractivity (Wildman–Crippen MR) is 114 cm³/mol. The Morgan fingerprint density at radius 3 is 2.80 bits per heavy atom. The summed E-state index contributed by atoms with van der Waals surface area (Å²) in [4.78, 5) is 28.7. The van der Waals surface area contributed by atoms with Crippen LogP contribution in [-0.4, -0.2) is 26.4 Å². The number of para-hydroxylation sites is 1. The topological polar surface area (TPSA) is 71.3 Å². The monoisotopic (exact) mass is 402 g/mol. The maximum absolute atomic E-state index is 13.9. The molecule has 6 nitrogen and oxygen atoms in total. The van der Waals surface area contributed by atoms with Crippen molar-refractivity contribution in [1.82, 2.24) is 19.3 Å². The summed E-state index contributed by atoms with van der Waals surface area (Å²) >= 11 is 0. The second-order valence-electron chi connectivity index (χ2n) is 7.25. The van der Waals surface area contributed by atoms with E-state index in [1.54, 1.807) is 28.8 Å². The van der Waals surface area contributed by atoms with E-state index >= 15 is 0 Å². The van der Waals surface area contributed by atoms with E-state index in [1.807, 2.05) is 30.5 Å². The Hall–Kier alpha value is -3.87. The van der Waals surface area contributed by atoms with Crippen molar-refractivity contribution in [3.63, 3.8) is 0 Å². The van der Waals surface area contributed by atoms with Crippen LogP contribution in [0.3, 0.4) is 0 Å². The van der Waals surface area contributed by atoms with Crippen molar-refractivity contribution in [2.24, 2.45) is 0 Å². The van der Waals surface area contributed by atoms with Gasteiger partial charge < -0.3 is 14.7 Å². The second-order valence-corrected chi connectivity index (χ2v) is 7.25. The SMILES string of the molecule is O=C(Cn1c(=O)c2cccn2c2ccc(F)cc21)NCCc1c[nH]c2ccccc12. The Bertz CT molecular complexity index is 1460. The summed E-state index contributed by atoms with van der Waals surface area (Å²) in [5.74, 6) is -0.750. The largest absolute Gasteiger partial charge is 0.361 e. The highest BCUT2D eigenvalue weighted by atomic mass is 19.1. The lowest BCUT2D eigenvalue weighted by Crippen LogP contribution is -2.34. The van der Waals surface area contributed by atoms with Crippen LogP contribution in [0.2, 0.25) is 0 Å². The molecule has 5 rings (SSSR count). The van der Waals surface area contributed by atoms with E-state index in [0.29, 0.717) is 29.5 Å². The number of halogens is 1. The van der Waals surface area contributed by atoms with Crippen molar-refractivity contribution in [2.45, 2.75) is 13.0 Å². The molecule has 2 aromatic carbocycles. The number of rotatable bonds is 5. The van der Waals surface area contributed by atoms with Gasteiger partial charge in [0.05, 0.1) is 11.0 Å². The number of aromatic amines is 1. The van der Waals surface area contributed by atoms with Crippen molar-refractivity contribution in [3.05, 3.63) is 88.7 Å². The molecule has 0 aliphatic carbocycles. The summed E-state index contributed by atoms with van der Waals surface area (Å²) in [6.45, 7) is 0.267. The van der Waals surface area contributed by atoms with Crippen LogP contribution >= 0.6 is 0 Å². The fraction of sp³-hybridized carbons (Fsp3) is 0.130. The molecular weight excluding hydrogens is 383 g/mol. The van der Waals surface area contributed by atoms with Crippen LogP contribution in [-0.2, 0) is 17.8 Å². The Morgan fingerprint density at radius 2 is 1.90 bits per heavy atom. The average molecular weight is 402 g/mol. The van der Waals surface area contributed by atoms with Crippen LogP contribution in [0.1, 0.15) is 5.56 Å². The van der Waals surface area contributed by atoms with Gasteiger partial charge in [-0.1, -0.05) is 18.2 Å². The molecule has 0 saturated carbocycles. The molecule has 3 heterocycles. The summed E-state index contributed by atoms with van der Waals surface area (Å²) in [7, 11) is 0. The number of nitrogens with one attached hydrogen (secondary N) is 2. The first kappa shape index (κ1) is 18.2. The van der Waals surface area contributed by atoms with Crippen LogP contribution in [0.15, 0.2) is 71.8 Å². The standard InChI is InChI=1S/C23H19FN4O2/c24-16-7-8-19-21(12-16)28(23(30)20-6-3-11-27(19)20)14-22(29)25-10-9-15-13-26-18-5-2-1-4-17(15)18/h1-8,11-13,26H,9-10,14H2,(H,25,29). The van der Waals surface area contributed by atoms with Crippen molar-refractivity contribution < 1.29 is 9.18 Å². The first-order valence-electron chi connectivity index (χ1n) is 9.72. The fourth-order valence-corrected chi connectivity index (χ4v) is 3.96. The molecule has 150 valence electrons. The van der Waals surface area contributed by atoms with Gasteiger partial charge in [-0.2, -0.15) is 0 Å². The fourth-order valence-electron chi connectivity index (χ4n) is 3.96. The zero-order valence-electron chi connectivity index (χ0n) is 16.1. The van der Waals surface area contributed by atoms with Crippen LogP contribution in [0.5, 0.6) is 0 Å². The number of carbonyl (C=O) groups is 1. The molecule has 5 aromatic rings. The van der Waals surface area contributed by atoms with E-state index in [-0.39, 0.29) is 18.0 Å². The van der Waals surface area contributed by atoms with E-state index in [0.717, 1.165) is 16.5 Å². The highest BCUT2D eigenvalue weighted by Gasteiger charge is 2.14. The van der Waals surface area contributed by atoms with Gasteiger partial charge in [0, 0.05) is 29.8 Å². The van der Waals surface area contributed by atoms with Gasteiger partial charge in [-0.05, 0) is 48.4 Å². The van der Waals surface area contributed by atoms with Crippen molar-refractivity contribution in [3.8, 4) is 0 Å². The molecule has 2 N–H and O–H groups in total. The third-order valence-electron chi connectivity index (χ3n) is 5.39. The Kier molecular flexibility index (Phi) is 4.35. The highest BCUT2D eigenvalue weighted by Crippen LogP contribution is 2.18. The number of amides is 1. The first-order chi connectivity index (χ1) is 14.6. The molecule has 0 unspecified atom stereocenters. The smallest absolute Gasteiger partial charge is 0.275 e. The number of benzene rings is 2. The lowest BCUT2D eigenvalue weighted by molar-refractivity contribution is -0.121. The Morgan fingerprint density at radius 1 is 1.03 bits per heavy atom. The van der Waals surface area contributed by atoms with Crippen LogP contribution in [0.25, 0.3) is 27.5 Å².